The van der Waals surface area contributed by atoms with Crippen LogP contribution in [0.5, 0.6) is 0 Å². The zero-order valence-electron chi connectivity index (χ0n) is 18.3. The van der Waals surface area contributed by atoms with E-state index in [9.17, 15) is 13.2 Å². The van der Waals surface area contributed by atoms with Gasteiger partial charge in [0.25, 0.3) is 0 Å². The Bertz CT molecular complexity index is 900. The van der Waals surface area contributed by atoms with E-state index in [1.165, 1.54) is 36.6 Å². The first-order valence-electron chi connectivity index (χ1n) is 11.5. The lowest BCUT2D eigenvalue weighted by Crippen LogP contribution is -2.13. The normalized spacial score (nSPS) is 18.7. The standard InChI is InChI=1S/C28H31F3/c1-2-3-4-5-6-7-8-26-27(30)19-22(20-28(26)31)10-9-21-11-13-23(14-12-21)24-15-17-25(29)18-16-24/h7-8,11-14,19-20,24-25H,2-6,15-18H2,1H3/b8-7+. The lowest BCUT2D eigenvalue weighted by Gasteiger charge is -2.24. The third-order valence-electron chi connectivity index (χ3n) is 5.98. The van der Waals surface area contributed by atoms with Crippen molar-refractivity contribution in [2.75, 3.05) is 0 Å². The van der Waals surface area contributed by atoms with Crippen molar-refractivity contribution < 1.29 is 13.2 Å². The van der Waals surface area contributed by atoms with E-state index >= 15 is 0 Å². The van der Waals surface area contributed by atoms with Crippen LogP contribution in [0.3, 0.4) is 0 Å². The van der Waals surface area contributed by atoms with Crippen LogP contribution in [-0.2, 0) is 0 Å². The van der Waals surface area contributed by atoms with Gasteiger partial charge < -0.3 is 0 Å². The van der Waals surface area contributed by atoms with E-state index in [2.05, 4.69) is 18.8 Å². The van der Waals surface area contributed by atoms with Gasteiger partial charge in [-0.2, -0.15) is 0 Å². The van der Waals surface area contributed by atoms with E-state index in [0.717, 1.165) is 37.7 Å². The molecule has 0 nitrogen and oxygen atoms in total. The van der Waals surface area contributed by atoms with Crippen LogP contribution in [-0.4, -0.2) is 6.17 Å². The molecule has 3 heteroatoms. The van der Waals surface area contributed by atoms with Gasteiger partial charge in [0.05, 0.1) is 0 Å². The van der Waals surface area contributed by atoms with Crippen molar-refractivity contribution in [3.63, 3.8) is 0 Å². The molecule has 0 heterocycles. The Morgan fingerprint density at radius 1 is 0.871 bits per heavy atom. The summed E-state index contributed by atoms with van der Waals surface area (Å²) in [5, 5.41) is 0. The highest BCUT2D eigenvalue weighted by molar-refractivity contribution is 5.54. The van der Waals surface area contributed by atoms with Gasteiger partial charge in [-0.1, -0.05) is 62.3 Å². The van der Waals surface area contributed by atoms with E-state index in [4.69, 9.17) is 0 Å². The highest BCUT2D eigenvalue weighted by atomic mass is 19.1. The molecule has 0 saturated heterocycles. The minimum Gasteiger partial charge on any atom is -0.247 e. The second-order valence-electron chi connectivity index (χ2n) is 8.43. The van der Waals surface area contributed by atoms with Crippen molar-refractivity contribution in [3.8, 4) is 11.8 Å². The van der Waals surface area contributed by atoms with Crippen LogP contribution in [0, 0.1) is 23.5 Å². The van der Waals surface area contributed by atoms with Crippen LogP contribution in [0.4, 0.5) is 13.2 Å². The second kappa shape index (κ2) is 11.8. The molecule has 1 aliphatic carbocycles. The molecule has 0 aliphatic heterocycles. The van der Waals surface area contributed by atoms with E-state index in [-0.39, 0.29) is 5.56 Å². The quantitative estimate of drug-likeness (QED) is 0.309. The van der Waals surface area contributed by atoms with Crippen LogP contribution in [0.15, 0.2) is 42.5 Å². The second-order valence-corrected chi connectivity index (χ2v) is 8.43. The van der Waals surface area contributed by atoms with Crippen LogP contribution < -0.4 is 0 Å². The zero-order valence-corrected chi connectivity index (χ0v) is 18.3. The van der Waals surface area contributed by atoms with Crippen molar-refractivity contribution in [3.05, 3.63) is 76.4 Å². The van der Waals surface area contributed by atoms with Gasteiger partial charge in [0, 0.05) is 16.7 Å². The number of rotatable bonds is 7. The fourth-order valence-electron chi connectivity index (χ4n) is 4.07. The average Bonchev–Trinajstić information content (AvgIpc) is 2.77. The van der Waals surface area contributed by atoms with Crippen LogP contribution in [0.1, 0.15) is 92.9 Å². The molecule has 31 heavy (non-hydrogen) atoms. The predicted octanol–water partition coefficient (Wildman–Crippen LogP) is 8.34. The molecule has 1 aliphatic rings. The summed E-state index contributed by atoms with van der Waals surface area (Å²) in [7, 11) is 0. The van der Waals surface area contributed by atoms with E-state index in [0.29, 0.717) is 24.3 Å². The third kappa shape index (κ3) is 7.03. The molecule has 0 radical (unpaired) electrons. The average molecular weight is 425 g/mol. The summed E-state index contributed by atoms with van der Waals surface area (Å²) in [4.78, 5) is 0. The topological polar surface area (TPSA) is 0 Å². The van der Waals surface area contributed by atoms with Crippen LogP contribution >= 0.6 is 0 Å². The van der Waals surface area contributed by atoms with Crippen LogP contribution in [0.25, 0.3) is 6.08 Å². The number of unbranched alkanes of at least 4 members (excludes halogenated alkanes) is 4. The molecular formula is C28H31F3. The number of benzene rings is 2. The van der Waals surface area contributed by atoms with E-state index in [1.807, 2.05) is 30.3 Å². The van der Waals surface area contributed by atoms with Crippen molar-refractivity contribution in [1.82, 2.24) is 0 Å². The van der Waals surface area contributed by atoms with Crippen molar-refractivity contribution in [2.45, 2.75) is 76.8 Å². The molecule has 0 atom stereocenters. The monoisotopic (exact) mass is 424 g/mol. The van der Waals surface area contributed by atoms with Crippen molar-refractivity contribution >= 4 is 6.08 Å². The predicted molar refractivity (Wildman–Crippen MR) is 123 cm³/mol. The fourth-order valence-corrected chi connectivity index (χ4v) is 4.07. The van der Waals surface area contributed by atoms with Gasteiger partial charge in [-0.25, -0.2) is 13.2 Å². The molecule has 2 aromatic rings. The van der Waals surface area contributed by atoms with Gasteiger partial charge in [-0.15, -0.1) is 0 Å². The zero-order chi connectivity index (χ0) is 22.1. The Balaban J connectivity index is 1.62. The van der Waals surface area contributed by atoms with Gasteiger partial charge in [-0.3, -0.25) is 0 Å². The van der Waals surface area contributed by atoms with Crippen LogP contribution in [0.2, 0.25) is 0 Å². The highest BCUT2D eigenvalue weighted by Gasteiger charge is 2.21. The first kappa shape index (κ1) is 23.2. The molecule has 3 rings (SSSR count). The lowest BCUT2D eigenvalue weighted by atomic mass is 9.83. The summed E-state index contributed by atoms with van der Waals surface area (Å²) >= 11 is 0. The molecule has 164 valence electrons. The Morgan fingerprint density at radius 2 is 1.52 bits per heavy atom. The fraction of sp³-hybridized carbons (Fsp3) is 0.429. The summed E-state index contributed by atoms with van der Waals surface area (Å²) in [5.74, 6) is 5.07. The Morgan fingerprint density at radius 3 is 2.16 bits per heavy atom. The van der Waals surface area contributed by atoms with Crippen molar-refractivity contribution in [2.24, 2.45) is 0 Å². The molecule has 0 aromatic heterocycles. The smallest absolute Gasteiger partial charge is 0.134 e. The lowest BCUT2D eigenvalue weighted by molar-refractivity contribution is 0.235. The van der Waals surface area contributed by atoms with Gasteiger partial charge in [0.1, 0.15) is 17.8 Å². The summed E-state index contributed by atoms with van der Waals surface area (Å²) in [6.45, 7) is 2.15. The molecule has 0 N–H and O–H groups in total. The third-order valence-corrected chi connectivity index (χ3v) is 5.98. The SMILES string of the molecule is CCCCCC/C=C/c1c(F)cc(C#Cc2ccc(C3CCC(F)CC3)cc2)cc1F. The molecule has 0 amide bonds. The van der Waals surface area contributed by atoms with Gasteiger partial charge in [0.2, 0.25) is 0 Å². The van der Waals surface area contributed by atoms with E-state index in [1.54, 1.807) is 0 Å². The number of alkyl halides is 1. The summed E-state index contributed by atoms with van der Waals surface area (Å²) in [6, 6.07) is 10.5. The largest absolute Gasteiger partial charge is 0.247 e. The highest BCUT2D eigenvalue weighted by Crippen LogP contribution is 2.34. The Labute approximate surface area is 184 Å². The first-order valence-corrected chi connectivity index (χ1v) is 11.5. The Kier molecular flexibility index (Phi) is 8.83. The molecular weight excluding hydrogens is 393 g/mol. The van der Waals surface area contributed by atoms with Gasteiger partial charge >= 0.3 is 0 Å². The molecule has 1 fully saturated rings. The maximum atomic E-state index is 14.4. The maximum Gasteiger partial charge on any atom is 0.134 e. The number of allylic oxidation sites excluding steroid dienone is 1. The molecule has 0 unspecified atom stereocenters. The minimum atomic E-state index is -0.658. The molecule has 1 saturated carbocycles. The molecule has 2 aromatic carbocycles. The number of hydrogen-bond donors (Lipinski definition) is 0. The summed E-state index contributed by atoms with van der Waals surface area (Å²) in [6.07, 6.45) is 11.1. The van der Waals surface area contributed by atoms with Crippen molar-refractivity contribution in [1.29, 1.82) is 0 Å². The van der Waals surface area contributed by atoms with Gasteiger partial charge in [-0.05, 0) is 74.3 Å². The number of hydrogen-bond acceptors (Lipinski definition) is 0. The maximum absolute atomic E-state index is 14.4. The van der Waals surface area contributed by atoms with E-state index < -0.39 is 17.8 Å². The first-order chi connectivity index (χ1) is 15.1. The van der Waals surface area contributed by atoms with Gasteiger partial charge in [0.15, 0.2) is 0 Å². The summed E-state index contributed by atoms with van der Waals surface area (Å²) < 4.78 is 42.1. The molecule has 0 bridgehead atoms. The number of halogens is 3. The summed E-state index contributed by atoms with van der Waals surface area (Å²) in [5.41, 5.74) is 2.31. The Hall–Kier alpha value is -2.47. The molecule has 0 spiro atoms. The minimum absolute atomic E-state index is 0.00612.